The van der Waals surface area contributed by atoms with Gasteiger partial charge < -0.3 is 5.32 Å². The van der Waals surface area contributed by atoms with Gasteiger partial charge in [-0.05, 0) is 25.8 Å². The maximum atomic E-state index is 12.2. The van der Waals surface area contributed by atoms with Crippen LogP contribution in [0.5, 0.6) is 0 Å². The van der Waals surface area contributed by atoms with Gasteiger partial charge in [0.05, 0.1) is 18.0 Å². The molecular formula is C16H18N4O. The Morgan fingerprint density at radius 2 is 2.10 bits per heavy atom. The fraction of sp³-hybridized carbons (Fsp3) is 0.312. The van der Waals surface area contributed by atoms with Crippen LogP contribution in [-0.4, -0.2) is 15.7 Å². The minimum absolute atomic E-state index is 0.228. The zero-order valence-corrected chi connectivity index (χ0v) is 12.2. The van der Waals surface area contributed by atoms with Crippen LogP contribution in [0.2, 0.25) is 0 Å². The molecule has 1 atom stereocenters. The number of carbonyl (C=O) groups is 1. The van der Waals surface area contributed by atoms with Crippen molar-refractivity contribution in [3.05, 3.63) is 48.3 Å². The Bertz CT molecular complexity index is 640. The first-order valence-corrected chi connectivity index (χ1v) is 6.88. The second-order valence-electron chi connectivity index (χ2n) is 5.16. The normalized spacial score (nSPS) is 11.9. The summed E-state index contributed by atoms with van der Waals surface area (Å²) in [5.41, 5.74) is 1.58. The predicted molar refractivity (Wildman–Crippen MR) is 80.5 cm³/mol. The van der Waals surface area contributed by atoms with Crippen molar-refractivity contribution >= 4 is 11.6 Å². The highest BCUT2D eigenvalue weighted by Gasteiger charge is 2.19. The van der Waals surface area contributed by atoms with E-state index in [0.717, 1.165) is 5.56 Å². The Morgan fingerprint density at radius 1 is 1.38 bits per heavy atom. The first-order valence-electron chi connectivity index (χ1n) is 6.88. The zero-order valence-electron chi connectivity index (χ0n) is 12.2. The maximum absolute atomic E-state index is 12.2. The number of hydrogen-bond acceptors (Lipinski definition) is 3. The number of rotatable bonds is 5. The van der Waals surface area contributed by atoms with E-state index in [0.29, 0.717) is 12.1 Å². The molecule has 0 aliphatic heterocycles. The highest BCUT2D eigenvalue weighted by molar-refractivity contribution is 5.94. The standard InChI is InChI=1S/C16H18N4O/c1-12(2)20-11-15(10-18-20)19-16(21)14(9-17)8-13-6-4-3-5-7-13/h3-7,10-12,14H,8H2,1-2H3,(H,19,21). The third kappa shape index (κ3) is 3.93. The van der Waals surface area contributed by atoms with E-state index in [2.05, 4.69) is 16.5 Å². The first-order chi connectivity index (χ1) is 10.1. The van der Waals surface area contributed by atoms with Crippen LogP contribution < -0.4 is 5.32 Å². The Hall–Kier alpha value is -2.61. The van der Waals surface area contributed by atoms with Gasteiger partial charge in [0.1, 0.15) is 5.92 Å². The molecule has 1 N–H and O–H groups in total. The Morgan fingerprint density at radius 3 is 2.67 bits per heavy atom. The molecule has 0 saturated heterocycles. The van der Waals surface area contributed by atoms with Crippen molar-refractivity contribution in [3.8, 4) is 6.07 Å². The van der Waals surface area contributed by atoms with Crippen molar-refractivity contribution < 1.29 is 4.79 Å². The first kappa shape index (κ1) is 14.8. The van der Waals surface area contributed by atoms with Gasteiger partial charge in [-0.25, -0.2) is 0 Å². The summed E-state index contributed by atoms with van der Waals surface area (Å²) in [6.07, 6.45) is 3.76. The number of anilines is 1. The molecule has 0 saturated carbocycles. The van der Waals surface area contributed by atoms with Crippen LogP contribution >= 0.6 is 0 Å². The summed E-state index contributed by atoms with van der Waals surface area (Å²) in [5, 5.41) is 16.1. The van der Waals surface area contributed by atoms with Crippen molar-refractivity contribution in [2.75, 3.05) is 5.32 Å². The molecule has 0 spiro atoms. The summed E-state index contributed by atoms with van der Waals surface area (Å²) in [6, 6.07) is 11.8. The third-order valence-corrected chi connectivity index (χ3v) is 3.15. The summed E-state index contributed by atoms with van der Waals surface area (Å²) in [4.78, 5) is 12.2. The highest BCUT2D eigenvalue weighted by Crippen LogP contribution is 2.14. The second-order valence-corrected chi connectivity index (χ2v) is 5.16. The molecule has 21 heavy (non-hydrogen) atoms. The smallest absolute Gasteiger partial charge is 0.242 e. The molecule has 0 aliphatic carbocycles. The minimum Gasteiger partial charge on any atom is -0.322 e. The summed E-state index contributed by atoms with van der Waals surface area (Å²) >= 11 is 0. The number of carbonyl (C=O) groups excluding carboxylic acids is 1. The second kappa shape index (κ2) is 6.71. The molecule has 2 aromatic rings. The van der Waals surface area contributed by atoms with Gasteiger partial charge in [0.2, 0.25) is 5.91 Å². The summed E-state index contributed by atoms with van der Waals surface area (Å²) < 4.78 is 1.76. The average Bonchev–Trinajstić information content (AvgIpc) is 2.94. The lowest BCUT2D eigenvalue weighted by Gasteiger charge is -2.09. The molecule has 5 nitrogen and oxygen atoms in total. The summed E-state index contributed by atoms with van der Waals surface area (Å²) in [6.45, 7) is 4.01. The van der Waals surface area contributed by atoms with Crippen molar-refractivity contribution in [2.45, 2.75) is 26.3 Å². The van der Waals surface area contributed by atoms with E-state index >= 15 is 0 Å². The van der Waals surface area contributed by atoms with E-state index in [4.69, 9.17) is 0 Å². The van der Waals surface area contributed by atoms with Crippen LogP contribution in [0.4, 0.5) is 5.69 Å². The van der Waals surface area contributed by atoms with E-state index in [1.807, 2.05) is 44.2 Å². The molecule has 108 valence electrons. The van der Waals surface area contributed by atoms with E-state index in [9.17, 15) is 10.1 Å². The van der Waals surface area contributed by atoms with Crippen LogP contribution in [0.1, 0.15) is 25.5 Å². The van der Waals surface area contributed by atoms with E-state index in [1.54, 1.807) is 17.1 Å². The number of benzene rings is 1. The Labute approximate surface area is 124 Å². The largest absolute Gasteiger partial charge is 0.322 e. The van der Waals surface area contributed by atoms with Crippen LogP contribution in [0, 0.1) is 17.2 Å². The van der Waals surface area contributed by atoms with Crippen LogP contribution in [-0.2, 0) is 11.2 Å². The Kier molecular flexibility index (Phi) is 4.72. The quantitative estimate of drug-likeness (QED) is 0.916. The van der Waals surface area contributed by atoms with Crippen molar-refractivity contribution in [1.29, 1.82) is 5.26 Å². The van der Waals surface area contributed by atoms with Crippen LogP contribution in [0.15, 0.2) is 42.7 Å². The fourth-order valence-electron chi connectivity index (χ4n) is 1.96. The van der Waals surface area contributed by atoms with E-state index in [1.165, 1.54) is 0 Å². The van der Waals surface area contributed by atoms with Gasteiger partial charge in [-0.2, -0.15) is 10.4 Å². The number of amides is 1. The van der Waals surface area contributed by atoms with Gasteiger partial charge in [0.25, 0.3) is 0 Å². The van der Waals surface area contributed by atoms with Gasteiger partial charge in [-0.1, -0.05) is 30.3 Å². The number of nitrogens with zero attached hydrogens (tertiary/aromatic N) is 3. The zero-order chi connectivity index (χ0) is 15.2. The topological polar surface area (TPSA) is 70.7 Å². The maximum Gasteiger partial charge on any atom is 0.242 e. The molecule has 1 unspecified atom stereocenters. The van der Waals surface area contributed by atoms with Gasteiger partial charge in [0.15, 0.2) is 0 Å². The molecular weight excluding hydrogens is 264 g/mol. The lowest BCUT2D eigenvalue weighted by atomic mass is 10.00. The van der Waals surface area contributed by atoms with Crippen molar-refractivity contribution in [3.63, 3.8) is 0 Å². The lowest BCUT2D eigenvalue weighted by Crippen LogP contribution is -2.23. The van der Waals surface area contributed by atoms with Crippen molar-refractivity contribution in [1.82, 2.24) is 9.78 Å². The minimum atomic E-state index is -0.713. The number of aromatic nitrogens is 2. The average molecular weight is 282 g/mol. The number of nitrogens with one attached hydrogen (secondary N) is 1. The third-order valence-electron chi connectivity index (χ3n) is 3.15. The molecule has 0 fully saturated rings. The lowest BCUT2D eigenvalue weighted by molar-refractivity contribution is -0.118. The Balaban J connectivity index is 2.01. The fourth-order valence-corrected chi connectivity index (χ4v) is 1.96. The molecule has 0 radical (unpaired) electrons. The van der Waals surface area contributed by atoms with Gasteiger partial charge in [-0.15, -0.1) is 0 Å². The molecule has 0 aliphatic rings. The van der Waals surface area contributed by atoms with Crippen LogP contribution in [0.3, 0.4) is 0 Å². The monoisotopic (exact) mass is 282 g/mol. The van der Waals surface area contributed by atoms with Gasteiger partial charge in [0, 0.05) is 12.2 Å². The molecule has 1 amide bonds. The SMILES string of the molecule is CC(C)n1cc(NC(=O)C(C#N)Cc2ccccc2)cn1. The van der Waals surface area contributed by atoms with Crippen LogP contribution in [0.25, 0.3) is 0 Å². The summed E-state index contributed by atoms with van der Waals surface area (Å²) in [5.74, 6) is -1.01. The van der Waals surface area contributed by atoms with Gasteiger partial charge in [-0.3, -0.25) is 9.48 Å². The summed E-state index contributed by atoms with van der Waals surface area (Å²) in [7, 11) is 0. The molecule has 1 aromatic carbocycles. The van der Waals surface area contributed by atoms with E-state index in [-0.39, 0.29) is 11.9 Å². The predicted octanol–water partition coefficient (Wildman–Crippen LogP) is 2.78. The number of nitriles is 1. The highest BCUT2D eigenvalue weighted by atomic mass is 16.1. The molecule has 1 heterocycles. The van der Waals surface area contributed by atoms with E-state index < -0.39 is 5.92 Å². The molecule has 1 aromatic heterocycles. The molecule has 2 rings (SSSR count). The van der Waals surface area contributed by atoms with Gasteiger partial charge >= 0.3 is 0 Å². The van der Waals surface area contributed by atoms with Crippen molar-refractivity contribution in [2.24, 2.45) is 5.92 Å². The number of hydrogen-bond donors (Lipinski definition) is 1. The molecule has 0 bridgehead atoms. The molecule has 5 heteroatoms.